The van der Waals surface area contributed by atoms with E-state index >= 15 is 0 Å². The van der Waals surface area contributed by atoms with E-state index in [4.69, 9.17) is 0 Å². The number of hydrogen-bond acceptors (Lipinski definition) is 2. The van der Waals surface area contributed by atoms with E-state index in [0.29, 0.717) is 12.8 Å². The molecule has 0 radical (unpaired) electrons. The zero-order chi connectivity index (χ0) is 17.8. The molecule has 3 nitrogen and oxygen atoms in total. The van der Waals surface area contributed by atoms with Crippen molar-refractivity contribution in [3.63, 3.8) is 0 Å². The summed E-state index contributed by atoms with van der Waals surface area (Å²) in [6, 6.07) is 9.73. The van der Waals surface area contributed by atoms with Crippen molar-refractivity contribution in [3.05, 3.63) is 65.5 Å². The van der Waals surface area contributed by atoms with Gasteiger partial charge in [0.15, 0.2) is 11.6 Å². The number of likely N-dealkylation sites (tertiary alicyclic amines) is 1. The van der Waals surface area contributed by atoms with Crippen LogP contribution in [0.2, 0.25) is 0 Å². The largest absolute Gasteiger partial charge is 0.326 e. The van der Waals surface area contributed by atoms with Gasteiger partial charge < -0.3 is 5.32 Å². The molecule has 0 spiro atoms. The first kappa shape index (κ1) is 17.5. The molecular weight excluding hydrogens is 329 g/mol. The van der Waals surface area contributed by atoms with Gasteiger partial charge in [-0.1, -0.05) is 12.1 Å². The van der Waals surface area contributed by atoms with E-state index in [-0.39, 0.29) is 23.3 Å². The molecule has 0 atom stereocenters. The fourth-order valence-electron chi connectivity index (χ4n) is 3.02. The third kappa shape index (κ3) is 4.60. The second kappa shape index (κ2) is 7.70. The number of hydrogen-bond donors (Lipinski definition) is 1. The zero-order valence-corrected chi connectivity index (χ0v) is 13.6. The van der Waals surface area contributed by atoms with Crippen LogP contribution in [0.5, 0.6) is 0 Å². The molecule has 1 saturated heterocycles. The lowest BCUT2D eigenvalue weighted by atomic mass is 9.95. The third-order valence-corrected chi connectivity index (χ3v) is 4.46. The highest BCUT2D eigenvalue weighted by atomic mass is 19.2. The van der Waals surface area contributed by atoms with Gasteiger partial charge in [-0.05, 0) is 55.8 Å². The zero-order valence-electron chi connectivity index (χ0n) is 13.6. The summed E-state index contributed by atoms with van der Waals surface area (Å²) in [4.78, 5) is 14.5. The Morgan fingerprint density at radius 1 is 1.00 bits per heavy atom. The molecule has 0 saturated carbocycles. The Morgan fingerprint density at radius 3 is 2.32 bits per heavy atom. The molecule has 0 unspecified atom stereocenters. The maximum atomic E-state index is 13.2. The number of nitrogens with one attached hydrogen (secondary N) is 1. The minimum Gasteiger partial charge on any atom is -0.326 e. The highest BCUT2D eigenvalue weighted by Gasteiger charge is 2.25. The van der Waals surface area contributed by atoms with Crippen molar-refractivity contribution >= 4 is 11.6 Å². The molecule has 2 aromatic rings. The smallest absolute Gasteiger partial charge is 0.227 e. The van der Waals surface area contributed by atoms with Crippen LogP contribution in [-0.4, -0.2) is 23.9 Å². The van der Waals surface area contributed by atoms with Crippen LogP contribution in [0.4, 0.5) is 18.9 Å². The van der Waals surface area contributed by atoms with Crippen LogP contribution in [0.1, 0.15) is 18.4 Å². The first-order valence-electron chi connectivity index (χ1n) is 8.24. The molecule has 25 heavy (non-hydrogen) atoms. The predicted octanol–water partition coefficient (Wildman–Crippen LogP) is 3.95. The lowest BCUT2D eigenvalue weighted by molar-refractivity contribution is -0.121. The monoisotopic (exact) mass is 348 g/mol. The summed E-state index contributed by atoms with van der Waals surface area (Å²) < 4.78 is 39.0. The lowest BCUT2D eigenvalue weighted by Gasteiger charge is -2.31. The van der Waals surface area contributed by atoms with E-state index in [2.05, 4.69) is 10.2 Å². The molecule has 6 heteroatoms. The number of nitrogens with zero attached hydrogens (tertiary/aromatic N) is 1. The molecule has 1 fully saturated rings. The Morgan fingerprint density at radius 2 is 1.68 bits per heavy atom. The minimum absolute atomic E-state index is 0.155. The van der Waals surface area contributed by atoms with Crippen molar-refractivity contribution in [1.29, 1.82) is 0 Å². The first-order valence-corrected chi connectivity index (χ1v) is 8.24. The number of piperidine rings is 1. The Bertz CT molecular complexity index is 741. The molecule has 132 valence electrons. The van der Waals surface area contributed by atoms with Crippen molar-refractivity contribution in [1.82, 2.24) is 4.90 Å². The average Bonchev–Trinajstić information content (AvgIpc) is 2.61. The van der Waals surface area contributed by atoms with Gasteiger partial charge in [0.05, 0.1) is 0 Å². The summed E-state index contributed by atoms with van der Waals surface area (Å²) in [6.07, 6.45) is 1.38. The molecule has 0 bridgehead atoms. The van der Waals surface area contributed by atoms with Gasteiger partial charge in [0.1, 0.15) is 5.82 Å². The average molecular weight is 348 g/mol. The first-order chi connectivity index (χ1) is 12.0. The van der Waals surface area contributed by atoms with Gasteiger partial charge in [-0.2, -0.15) is 0 Å². The summed E-state index contributed by atoms with van der Waals surface area (Å²) in [7, 11) is 0. The van der Waals surface area contributed by atoms with Crippen LogP contribution in [0.25, 0.3) is 0 Å². The molecule has 0 aliphatic carbocycles. The number of halogens is 3. The van der Waals surface area contributed by atoms with E-state index in [1.807, 2.05) is 0 Å². The molecule has 1 heterocycles. The molecule has 3 rings (SSSR count). The molecular formula is C19H19F3N2O. The second-order valence-corrected chi connectivity index (χ2v) is 6.30. The van der Waals surface area contributed by atoms with E-state index in [1.165, 1.54) is 18.2 Å². The summed E-state index contributed by atoms with van der Waals surface area (Å²) >= 11 is 0. The molecule has 1 aliphatic rings. The van der Waals surface area contributed by atoms with Crippen LogP contribution >= 0.6 is 0 Å². The van der Waals surface area contributed by atoms with Crippen LogP contribution in [0.15, 0.2) is 42.5 Å². The number of amides is 1. The van der Waals surface area contributed by atoms with Gasteiger partial charge in [0, 0.05) is 24.2 Å². The number of benzene rings is 2. The standard InChI is InChI=1S/C19H19F3N2O/c20-15-3-1-13(2-4-15)12-24-9-7-14(8-10-24)19(25)23-16-5-6-17(21)18(22)11-16/h1-6,11,14H,7-10,12H2,(H,23,25). The molecule has 0 aromatic heterocycles. The van der Waals surface area contributed by atoms with E-state index in [9.17, 15) is 18.0 Å². The van der Waals surface area contributed by atoms with Crippen LogP contribution < -0.4 is 5.32 Å². The number of anilines is 1. The third-order valence-electron chi connectivity index (χ3n) is 4.46. The predicted molar refractivity (Wildman–Crippen MR) is 89.4 cm³/mol. The van der Waals surface area contributed by atoms with E-state index in [1.54, 1.807) is 12.1 Å². The van der Waals surface area contributed by atoms with Crippen LogP contribution in [0, 0.1) is 23.4 Å². The topological polar surface area (TPSA) is 32.3 Å². The second-order valence-electron chi connectivity index (χ2n) is 6.30. The van der Waals surface area contributed by atoms with Gasteiger partial charge in [0.25, 0.3) is 0 Å². The van der Waals surface area contributed by atoms with Crippen molar-refractivity contribution in [2.75, 3.05) is 18.4 Å². The maximum absolute atomic E-state index is 13.2. The summed E-state index contributed by atoms with van der Waals surface area (Å²) in [5, 5.41) is 2.64. The summed E-state index contributed by atoms with van der Waals surface area (Å²) in [5.41, 5.74) is 1.30. The minimum atomic E-state index is -0.980. The van der Waals surface area contributed by atoms with Gasteiger partial charge in [0.2, 0.25) is 5.91 Å². The SMILES string of the molecule is O=C(Nc1ccc(F)c(F)c1)C1CCN(Cc2ccc(F)cc2)CC1. The fraction of sp³-hybridized carbons (Fsp3) is 0.316. The Balaban J connectivity index is 1.50. The Kier molecular flexibility index (Phi) is 5.38. The highest BCUT2D eigenvalue weighted by molar-refractivity contribution is 5.92. The molecule has 1 aliphatic heterocycles. The molecule has 1 N–H and O–H groups in total. The molecule has 1 amide bonds. The number of carbonyl (C=O) groups excluding carboxylic acids is 1. The summed E-state index contributed by atoms with van der Waals surface area (Å²) in [6.45, 7) is 2.23. The van der Waals surface area contributed by atoms with Gasteiger partial charge >= 0.3 is 0 Å². The quantitative estimate of drug-likeness (QED) is 0.907. The van der Waals surface area contributed by atoms with Crippen LogP contribution in [0.3, 0.4) is 0 Å². The number of carbonyl (C=O) groups is 1. The van der Waals surface area contributed by atoms with Crippen molar-refractivity contribution in [2.45, 2.75) is 19.4 Å². The Labute approximate surface area is 144 Å². The molecule has 2 aromatic carbocycles. The lowest BCUT2D eigenvalue weighted by Crippen LogP contribution is -2.37. The Hall–Kier alpha value is -2.34. The van der Waals surface area contributed by atoms with Crippen molar-refractivity contribution in [2.24, 2.45) is 5.92 Å². The fourth-order valence-corrected chi connectivity index (χ4v) is 3.02. The van der Waals surface area contributed by atoms with Crippen molar-refractivity contribution in [3.8, 4) is 0 Å². The maximum Gasteiger partial charge on any atom is 0.227 e. The number of rotatable bonds is 4. The normalized spacial score (nSPS) is 16.0. The van der Waals surface area contributed by atoms with E-state index in [0.717, 1.165) is 37.3 Å². The van der Waals surface area contributed by atoms with E-state index < -0.39 is 11.6 Å². The van der Waals surface area contributed by atoms with Crippen molar-refractivity contribution < 1.29 is 18.0 Å². The van der Waals surface area contributed by atoms with Gasteiger partial charge in [-0.3, -0.25) is 9.69 Å². The summed E-state index contributed by atoms with van der Waals surface area (Å²) in [5.74, 6) is -2.50. The van der Waals surface area contributed by atoms with Gasteiger partial charge in [-0.25, -0.2) is 13.2 Å². The van der Waals surface area contributed by atoms with Crippen LogP contribution in [-0.2, 0) is 11.3 Å². The van der Waals surface area contributed by atoms with Gasteiger partial charge in [-0.15, -0.1) is 0 Å². The highest BCUT2D eigenvalue weighted by Crippen LogP contribution is 2.22.